The first-order chi connectivity index (χ1) is 24.0. The molecule has 5 atom stereocenters. The standard InChI is InChI=1S/2C21H30O2/c1-5-6-7-8-15-12-18(22)20-16-11-14(2)9-10-17(16)21(3,4)23-19(20)13-15;1-5-6-7-8-16-12-19(22)21(20(23)13-16)18-11-15(4)9-10-17(18)14(2)3/h11-13,16-17,22H,5-10H2,1-4H3;11-13,17-18,22-23H,2,5-10H2,1,3-4H3/t16-,17-;17-,18+/m10/s1/i3D3;2D2/t16-,17-,21?;m. The van der Waals surface area contributed by atoms with E-state index in [9.17, 15) is 15.3 Å². The Labute approximate surface area is 286 Å². The molecule has 0 amide bonds. The third-order valence-corrected chi connectivity index (χ3v) is 10.3. The highest BCUT2D eigenvalue weighted by molar-refractivity contribution is 5.54. The van der Waals surface area contributed by atoms with Crippen molar-refractivity contribution in [3.8, 4) is 23.0 Å². The molecule has 0 fully saturated rings. The minimum absolute atomic E-state index is 0.0311. The van der Waals surface area contributed by atoms with Crippen LogP contribution in [-0.4, -0.2) is 20.9 Å². The minimum Gasteiger partial charge on any atom is -0.507 e. The van der Waals surface area contributed by atoms with E-state index in [-0.39, 0.29) is 47.5 Å². The van der Waals surface area contributed by atoms with Crippen molar-refractivity contribution >= 4 is 0 Å². The Morgan fingerprint density at radius 3 is 1.96 bits per heavy atom. The molecule has 0 bridgehead atoms. The lowest BCUT2D eigenvalue weighted by Crippen LogP contribution is -2.45. The number of phenolic OH excluding ortho intramolecular Hbond substituents is 3. The third kappa shape index (κ3) is 8.41. The lowest BCUT2D eigenvalue weighted by molar-refractivity contribution is 0.0107. The zero-order chi connectivity index (χ0) is 37.7. The van der Waals surface area contributed by atoms with Crippen LogP contribution in [0.25, 0.3) is 0 Å². The predicted octanol–water partition coefficient (Wildman–Crippen LogP) is 11.6. The van der Waals surface area contributed by atoms with Crippen molar-refractivity contribution in [3.63, 3.8) is 0 Å². The summed E-state index contributed by atoms with van der Waals surface area (Å²) >= 11 is 0. The Balaban J connectivity index is 0.000000229. The topological polar surface area (TPSA) is 69.9 Å². The Bertz CT molecular complexity index is 1600. The van der Waals surface area contributed by atoms with Gasteiger partial charge >= 0.3 is 0 Å². The van der Waals surface area contributed by atoms with Crippen molar-refractivity contribution in [2.24, 2.45) is 11.8 Å². The molecule has 2 aromatic rings. The summed E-state index contributed by atoms with van der Waals surface area (Å²) in [5, 5.41) is 32.0. The molecule has 1 unspecified atom stereocenters. The second kappa shape index (κ2) is 15.6. The molecular weight excluding hydrogens is 568 g/mol. The van der Waals surface area contributed by atoms with Crippen molar-refractivity contribution in [1.29, 1.82) is 0 Å². The summed E-state index contributed by atoms with van der Waals surface area (Å²) < 4.78 is 45.8. The van der Waals surface area contributed by atoms with Gasteiger partial charge in [0.15, 0.2) is 0 Å². The summed E-state index contributed by atoms with van der Waals surface area (Å²) in [7, 11) is 0. The quantitative estimate of drug-likeness (QED) is 0.180. The molecule has 1 aliphatic heterocycles. The van der Waals surface area contributed by atoms with E-state index in [0.29, 0.717) is 16.9 Å². The number of aryl methyl sites for hydroxylation is 2. The summed E-state index contributed by atoms with van der Waals surface area (Å²) in [6.07, 6.45) is 16.0. The van der Waals surface area contributed by atoms with Crippen LogP contribution in [0.1, 0.15) is 154 Å². The van der Waals surface area contributed by atoms with Crippen LogP contribution in [0.15, 0.2) is 59.7 Å². The summed E-state index contributed by atoms with van der Waals surface area (Å²) in [6.45, 7) is 9.58. The van der Waals surface area contributed by atoms with Crippen molar-refractivity contribution in [2.75, 3.05) is 0 Å². The Morgan fingerprint density at radius 2 is 1.39 bits per heavy atom. The van der Waals surface area contributed by atoms with Gasteiger partial charge in [0.05, 0.1) is 2.74 Å². The molecule has 252 valence electrons. The SMILES string of the molecule is [2H]C([2H])([2H])C1(C)Oc2cc(CCCCC)cc(O)c2[C@@H]2C=C(C)CC[C@H]21.[2H]C([2H])=C(C)[C@@H]1CCC(C)=C[C@H]1c1c(O)cc(CCCCC)cc1O. The highest BCUT2D eigenvalue weighted by atomic mass is 16.5. The molecule has 0 saturated carbocycles. The molecule has 0 aromatic heterocycles. The van der Waals surface area contributed by atoms with Crippen molar-refractivity contribution in [3.05, 3.63) is 81.9 Å². The summed E-state index contributed by atoms with van der Waals surface area (Å²) in [5.41, 5.74) is 5.19. The first kappa shape index (κ1) is 29.0. The van der Waals surface area contributed by atoms with Crippen molar-refractivity contribution in [2.45, 2.75) is 143 Å². The Hall–Kier alpha value is -3.14. The van der Waals surface area contributed by atoms with Crippen LogP contribution in [-0.2, 0) is 12.8 Å². The number of fused-ring (bicyclic) bond motifs is 3. The monoisotopic (exact) mass is 633 g/mol. The molecule has 3 aliphatic rings. The second-order valence-electron chi connectivity index (χ2n) is 14.2. The molecule has 0 saturated heterocycles. The van der Waals surface area contributed by atoms with E-state index in [1.807, 2.05) is 19.1 Å². The van der Waals surface area contributed by atoms with Crippen LogP contribution >= 0.6 is 0 Å². The average molecular weight is 634 g/mol. The van der Waals surface area contributed by atoms with Crippen molar-refractivity contribution in [1.82, 2.24) is 0 Å². The van der Waals surface area contributed by atoms with Gasteiger partial charge in [-0.1, -0.05) is 74.9 Å². The van der Waals surface area contributed by atoms with Gasteiger partial charge in [-0.3, -0.25) is 0 Å². The molecule has 46 heavy (non-hydrogen) atoms. The number of rotatable bonds is 10. The largest absolute Gasteiger partial charge is 0.507 e. The maximum absolute atomic E-state index is 10.7. The number of hydrogen-bond donors (Lipinski definition) is 3. The fourth-order valence-corrected chi connectivity index (χ4v) is 7.67. The molecule has 2 aliphatic carbocycles. The molecule has 0 spiro atoms. The van der Waals surface area contributed by atoms with Gasteiger partial charge in [0, 0.05) is 33.0 Å². The molecule has 3 N–H and O–H groups in total. The molecular formula is C42H60O4. The first-order valence-electron chi connectivity index (χ1n) is 20.1. The van der Waals surface area contributed by atoms with Gasteiger partial charge in [-0.05, 0) is 127 Å². The zero-order valence-corrected chi connectivity index (χ0v) is 29.0. The van der Waals surface area contributed by atoms with E-state index >= 15 is 0 Å². The van der Waals surface area contributed by atoms with Gasteiger partial charge < -0.3 is 20.1 Å². The van der Waals surface area contributed by atoms with E-state index in [4.69, 9.17) is 11.6 Å². The minimum atomic E-state index is -2.22. The second-order valence-corrected chi connectivity index (χ2v) is 14.2. The van der Waals surface area contributed by atoms with E-state index in [2.05, 4.69) is 39.8 Å². The normalized spacial score (nSPS) is 27.0. The van der Waals surface area contributed by atoms with Gasteiger partial charge in [-0.15, -0.1) is 0 Å². The average Bonchev–Trinajstić information content (AvgIpc) is 3.04. The van der Waals surface area contributed by atoms with Crippen LogP contribution in [0.5, 0.6) is 23.0 Å². The van der Waals surface area contributed by atoms with Gasteiger partial charge in [-0.2, -0.15) is 0 Å². The van der Waals surface area contributed by atoms with Gasteiger partial charge in [-0.25, -0.2) is 0 Å². The van der Waals surface area contributed by atoms with Crippen LogP contribution in [0.4, 0.5) is 0 Å². The highest BCUT2D eigenvalue weighted by Crippen LogP contribution is 2.53. The molecule has 0 radical (unpaired) electrons. The molecule has 4 nitrogen and oxygen atoms in total. The number of phenols is 3. The van der Waals surface area contributed by atoms with E-state index in [1.165, 1.54) is 11.1 Å². The maximum atomic E-state index is 10.7. The van der Waals surface area contributed by atoms with Gasteiger partial charge in [0.25, 0.3) is 0 Å². The number of hydrogen-bond acceptors (Lipinski definition) is 4. The predicted molar refractivity (Wildman–Crippen MR) is 192 cm³/mol. The fraction of sp³-hybridized carbons (Fsp3) is 0.571. The van der Waals surface area contributed by atoms with E-state index in [1.54, 1.807) is 19.1 Å². The van der Waals surface area contributed by atoms with Crippen molar-refractivity contribution < 1.29 is 26.9 Å². The summed E-state index contributed by atoms with van der Waals surface area (Å²) in [6, 6.07) is 7.31. The van der Waals surface area contributed by atoms with Crippen LogP contribution in [0.2, 0.25) is 0 Å². The van der Waals surface area contributed by atoms with Gasteiger partial charge in [0.1, 0.15) is 28.6 Å². The number of allylic oxidation sites excluding steroid dienone is 5. The third-order valence-electron chi connectivity index (χ3n) is 10.3. The number of benzene rings is 2. The Kier molecular flexibility index (Phi) is 9.87. The summed E-state index contributed by atoms with van der Waals surface area (Å²) in [4.78, 5) is 0. The molecule has 5 rings (SSSR count). The fourth-order valence-electron chi connectivity index (χ4n) is 7.67. The van der Waals surface area contributed by atoms with Crippen LogP contribution in [0, 0.1) is 11.8 Å². The zero-order valence-electron chi connectivity index (χ0n) is 34.0. The smallest absolute Gasteiger partial charge is 0.127 e. The number of aromatic hydroxyl groups is 3. The lowest BCUT2D eigenvalue weighted by Gasteiger charge is -2.46. The number of unbranched alkanes of at least 4 members (excludes halogenated alkanes) is 4. The lowest BCUT2D eigenvalue weighted by atomic mass is 9.68. The highest BCUT2D eigenvalue weighted by Gasteiger charge is 2.45. The maximum Gasteiger partial charge on any atom is 0.127 e. The number of ether oxygens (including phenoxy) is 1. The first-order valence-corrected chi connectivity index (χ1v) is 17.6. The molecule has 1 heterocycles. The van der Waals surface area contributed by atoms with Crippen LogP contribution in [0.3, 0.4) is 0 Å². The molecule has 2 aromatic carbocycles. The van der Waals surface area contributed by atoms with Gasteiger partial charge in [0.2, 0.25) is 0 Å². The summed E-state index contributed by atoms with van der Waals surface area (Å²) in [5.74, 6) is 0.532. The van der Waals surface area contributed by atoms with E-state index < -0.39 is 12.5 Å². The van der Waals surface area contributed by atoms with Crippen LogP contribution < -0.4 is 4.74 Å². The van der Waals surface area contributed by atoms with E-state index in [0.717, 1.165) is 93.7 Å². The Morgan fingerprint density at radius 1 is 0.848 bits per heavy atom. The molecule has 4 heteroatoms.